The maximum atomic E-state index is 10.8. The van der Waals surface area contributed by atoms with Crippen molar-refractivity contribution in [1.82, 2.24) is 4.98 Å². The molecule has 0 amide bonds. The minimum Gasteiger partial charge on any atom is -0.509 e. The maximum Gasteiger partial charge on any atom is 0.333 e. The van der Waals surface area contributed by atoms with E-state index < -0.39 is 5.97 Å². The molecule has 0 saturated carbocycles. The van der Waals surface area contributed by atoms with Gasteiger partial charge in [0.15, 0.2) is 5.78 Å². The van der Waals surface area contributed by atoms with Gasteiger partial charge in [0.25, 0.3) is 0 Å². The van der Waals surface area contributed by atoms with Crippen molar-refractivity contribution >= 4 is 34.8 Å². The Morgan fingerprint density at radius 1 is 1.12 bits per heavy atom. The summed E-state index contributed by atoms with van der Waals surface area (Å²) in [4.78, 5) is 26.0. The van der Waals surface area contributed by atoms with Crippen LogP contribution in [0.2, 0.25) is 0 Å². The molecule has 6 heteroatoms. The fraction of sp³-hybridized carbons (Fsp3) is 0.115. The number of nitrogens with zero attached hydrogens (tertiary/aromatic N) is 1. The predicted octanol–water partition coefficient (Wildman–Crippen LogP) is 5.32. The summed E-state index contributed by atoms with van der Waals surface area (Å²) in [5, 5.41) is 10.2. The second-order valence-corrected chi connectivity index (χ2v) is 7.05. The van der Waals surface area contributed by atoms with Gasteiger partial charge < -0.3 is 9.84 Å². The first-order chi connectivity index (χ1) is 14.8. The van der Waals surface area contributed by atoms with Crippen LogP contribution in [-0.2, 0) is 34.4 Å². The van der Waals surface area contributed by atoms with Crippen molar-refractivity contribution in [3.05, 3.63) is 89.7 Å². The van der Waals surface area contributed by atoms with E-state index in [1.54, 1.807) is 0 Å². The minimum atomic E-state index is -0.594. The SMILES string of the molecule is C=C(C)C(=O)OCC(O)=CC(C)=O.[Ir].[c-]1ccccc1-c1cc2c3c(cccc3n1)C=C2. The van der Waals surface area contributed by atoms with Gasteiger partial charge in [-0.2, -0.15) is 0 Å². The van der Waals surface area contributed by atoms with Crippen LogP contribution in [0.3, 0.4) is 0 Å². The van der Waals surface area contributed by atoms with Gasteiger partial charge in [0.2, 0.25) is 0 Å². The summed E-state index contributed by atoms with van der Waals surface area (Å²) in [6.07, 6.45) is 5.30. The number of carbonyl (C=O) groups excluding carboxylic acids is 2. The van der Waals surface area contributed by atoms with Crippen LogP contribution < -0.4 is 0 Å². The Bertz CT molecular complexity index is 1210. The Balaban J connectivity index is 0.000000234. The van der Waals surface area contributed by atoms with Crippen molar-refractivity contribution in [3.63, 3.8) is 0 Å². The molecule has 5 nitrogen and oxygen atoms in total. The van der Waals surface area contributed by atoms with E-state index in [0.717, 1.165) is 22.9 Å². The van der Waals surface area contributed by atoms with Gasteiger partial charge in [-0.1, -0.05) is 36.9 Å². The Hall–Kier alpha value is -3.34. The molecule has 0 atom stereocenters. The third kappa shape index (κ3) is 6.33. The van der Waals surface area contributed by atoms with Crippen LogP contribution in [0, 0.1) is 6.07 Å². The van der Waals surface area contributed by atoms with Gasteiger partial charge in [0, 0.05) is 37.1 Å². The Kier molecular flexibility index (Phi) is 8.82. The first-order valence-corrected chi connectivity index (χ1v) is 9.67. The first kappa shape index (κ1) is 24.9. The first-order valence-electron chi connectivity index (χ1n) is 9.67. The fourth-order valence-corrected chi connectivity index (χ4v) is 3.03. The second-order valence-electron chi connectivity index (χ2n) is 7.05. The van der Waals surface area contributed by atoms with Gasteiger partial charge in [-0.15, -0.1) is 35.9 Å². The molecule has 1 aliphatic rings. The molecule has 3 aromatic rings. The van der Waals surface area contributed by atoms with Crippen LogP contribution in [0.1, 0.15) is 25.0 Å². The predicted molar refractivity (Wildman–Crippen MR) is 122 cm³/mol. The van der Waals surface area contributed by atoms with Crippen molar-refractivity contribution < 1.29 is 39.5 Å². The molecule has 0 saturated heterocycles. The van der Waals surface area contributed by atoms with E-state index in [0.29, 0.717) is 0 Å². The molecular formula is C26H22IrNO4-. The quantitative estimate of drug-likeness (QED) is 0.145. The van der Waals surface area contributed by atoms with Crippen molar-refractivity contribution in [3.8, 4) is 11.3 Å². The van der Waals surface area contributed by atoms with E-state index in [1.807, 2.05) is 24.3 Å². The summed E-state index contributed by atoms with van der Waals surface area (Å²) in [7, 11) is 0. The van der Waals surface area contributed by atoms with E-state index in [1.165, 1.54) is 30.4 Å². The molecule has 1 radical (unpaired) electrons. The molecule has 32 heavy (non-hydrogen) atoms. The summed E-state index contributed by atoms with van der Waals surface area (Å²) in [5.41, 5.74) is 5.85. The van der Waals surface area contributed by atoms with Crippen LogP contribution in [0.25, 0.3) is 34.3 Å². The smallest absolute Gasteiger partial charge is 0.333 e. The van der Waals surface area contributed by atoms with E-state index in [9.17, 15) is 9.59 Å². The zero-order valence-electron chi connectivity index (χ0n) is 17.7. The monoisotopic (exact) mass is 605 g/mol. The number of benzene rings is 2. The number of allylic oxidation sites excluding steroid dienone is 1. The summed E-state index contributed by atoms with van der Waals surface area (Å²) < 4.78 is 4.56. The Morgan fingerprint density at radius 2 is 1.88 bits per heavy atom. The number of aliphatic hydroxyl groups excluding tert-OH is 1. The van der Waals surface area contributed by atoms with E-state index in [4.69, 9.17) is 10.1 Å². The molecule has 1 aromatic heterocycles. The van der Waals surface area contributed by atoms with Gasteiger partial charge in [-0.25, -0.2) is 4.79 Å². The number of hydrogen-bond donors (Lipinski definition) is 1. The van der Waals surface area contributed by atoms with Crippen LogP contribution >= 0.6 is 0 Å². The normalized spacial score (nSPS) is 11.2. The number of aromatic nitrogens is 1. The van der Waals surface area contributed by atoms with Gasteiger partial charge in [0.05, 0.1) is 5.52 Å². The van der Waals surface area contributed by atoms with Crippen molar-refractivity contribution in [2.75, 3.05) is 6.61 Å². The van der Waals surface area contributed by atoms with Gasteiger partial charge in [-0.05, 0) is 36.7 Å². The Labute approximate surface area is 200 Å². The summed E-state index contributed by atoms with van der Waals surface area (Å²) in [6.45, 7) is 5.83. The van der Waals surface area contributed by atoms with E-state index in [2.05, 4.69) is 53.8 Å². The maximum absolute atomic E-state index is 10.8. The zero-order chi connectivity index (χ0) is 22.4. The zero-order valence-corrected chi connectivity index (χ0v) is 20.1. The van der Waals surface area contributed by atoms with Gasteiger partial charge >= 0.3 is 5.97 Å². The van der Waals surface area contributed by atoms with Crippen LogP contribution in [0.5, 0.6) is 0 Å². The van der Waals surface area contributed by atoms with Gasteiger partial charge in [-0.3, -0.25) is 9.78 Å². The average molecular weight is 605 g/mol. The topological polar surface area (TPSA) is 76.5 Å². The number of aliphatic hydroxyl groups is 1. The van der Waals surface area contributed by atoms with E-state index >= 15 is 0 Å². The standard InChI is InChI=1S/C17H10N.C9H12O4.Ir/c1-2-5-12(6-3-1)16-11-14-10-9-13-7-4-8-15(18-16)17(13)14;1-6(2)9(12)13-5-8(11)4-7(3)10;/h1-5,7-11H;4,11H,1,5H2,2-3H3;/q-1;;. The number of esters is 1. The van der Waals surface area contributed by atoms with E-state index in [-0.39, 0.29) is 43.8 Å². The molecular weight excluding hydrogens is 583 g/mol. The number of ether oxygens (including phenoxy) is 1. The van der Waals surface area contributed by atoms with Crippen LogP contribution in [-0.4, -0.2) is 28.4 Å². The third-order valence-electron chi connectivity index (χ3n) is 4.39. The molecule has 1 N–H and O–H groups in total. The number of hydrogen-bond acceptors (Lipinski definition) is 5. The molecule has 0 unspecified atom stereocenters. The average Bonchev–Trinajstić information content (AvgIpc) is 3.17. The molecule has 4 rings (SSSR count). The van der Waals surface area contributed by atoms with Crippen molar-refractivity contribution in [2.24, 2.45) is 0 Å². The van der Waals surface area contributed by atoms with Gasteiger partial charge in [0.1, 0.15) is 12.4 Å². The van der Waals surface area contributed by atoms with Crippen molar-refractivity contribution in [1.29, 1.82) is 0 Å². The fourth-order valence-electron chi connectivity index (χ4n) is 3.03. The molecule has 0 aliphatic heterocycles. The molecule has 0 fully saturated rings. The molecule has 1 heterocycles. The number of carbonyl (C=O) groups is 2. The number of pyridine rings is 1. The largest absolute Gasteiger partial charge is 0.509 e. The third-order valence-corrected chi connectivity index (χ3v) is 4.39. The molecule has 2 aromatic carbocycles. The summed E-state index contributed by atoms with van der Waals surface area (Å²) >= 11 is 0. The number of rotatable bonds is 5. The molecule has 0 spiro atoms. The summed E-state index contributed by atoms with van der Waals surface area (Å²) in [6, 6.07) is 19.6. The number of ketones is 1. The molecule has 0 bridgehead atoms. The second kappa shape index (κ2) is 11.3. The molecule has 165 valence electrons. The van der Waals surface area contributed by atoms with Crippen LogP contribution in [0.15, 0.2) is 72.5 Å². The van der Waals surface area contributed by atoms with Crippen LogP contribution in [0.4, 0.5) is 0 Å². The summed E-state index contributed by atoms with van der Waals surface area (Å²) in [5.74, 6) is -1.17. The minimum absolute atomic E-state index is 0. The Morgan fingerprint density at radius 3 is 2.53 bits per heavy atom. The molecule has 1 aliphatic carbocycles. The van der Waals surface area contributed by atoms with Crippen molar-refractivity contribution in [2.45, 2.75) is 13.8 Å².